The van der Waals surface area contributed by atoms with Gasteiger partial charge in [0.1, 0.15) is 0 Å². The zero-order valence-corrected chi connectivity index (χ0v) is 15.9. The van der Waals surface area contributed by atoms with Gasteiger partial charge in [0.25, 0.3) is 5.91 Å². The Morgan fingerprint density at radius 1 is 1.33 bits per heavy atom. The first-order valence-corrected chi connectivity index (χ1v) is 7.57. The fourth-order valence-corrected chi connectivity index (χ4v) is 2.37. The topological polar surface area (TPSA) is 72.9 Å². The Morgan fingerprint density at radius 2 is 2.04 bits per heavy atom. The number of carbonyl (C=O) groups excluding carboxylic acids is 1. The predicted molar refractivity (Wildman–Crippen MR) is 102 cm³/mol. The van der Waals surface area contributed by atoms with Gasteiger partial charge in [0.05, 0.1) is 17.8 Å². The van der Waals surface area contributed by atoms with Crippen molar-refractivity contribution in [2.75, 3.05) is 13.1 Å². The van der Waals surface area contributed by atoms with E-state index in [1.165, 1.54) is 0 Å². The summed E-state index contributed by atoms with van der Waals surface area (Å²) < 4.78 is 2.11. The van der Waals surface area contributed by atoms with Crippen molar-refractivity contribution in [3.8, 4) is 0 Å². The van der Waals surface area contributed by atoms with E-state index in [-0.39, 0.29) is 36.6 Å². The van der Waals surface area contributed by atoms with Crippen LogP contribution in [0.2, 0.25) is 0 Å². The largest absolute Gasteiger partial charge is 0.352 e. The number of aromatic nitrogens is 2. The van der Waals surface area contributed by atoms with Crippen LogP contribution in [0.25, 0.3) is 0 Å². The van der Waals surface area contributed by atoms with Gasteiger partial charge in [-0.25, -0.2) is 0 Å². The second kappa shape index (κ2) is 10.3. The van der Waals surface area contributed by atoms with Crippen LogP contribution in [0.1, 0.15) is 34.4 Å². The summed E-state index contributed by atoms with van der Waals surface area (Å²) in [7, 11) is 0. The average Bonchev–Trinajstić information content (AvgIpc) is 2.81. The summed E-state index contributed by atoms with van der Waals surface area (Å²) in [4.78, 5) is 16.7. The molecular formula is C17H26Cl2N4O. The number of nitrogens with two attached hydrogens (primary N) is 1. The van der Waals surface area contributed by atoms with Crippen LogP contribution >= 0.6 is 24.8 Å². The highest BCUT2D eigenvalue weighted by molar-refractivity contribution is 5.95. The molecule has 1 unspecified atom stereocenters. The summed E-state index contributed by atoms with van der Waals surface area (Å²) in [5, 5.41) is 2.95. The molecule has 1 atom stereocenters. The highest BCUT2D eigenvalue weighted by atomic mass is 35.5. The second-order valence-electron chi connectivity index (χ2n) is 5.74. The number of rotatable bonds is 6. The lowest BCUT2D eigenvalue weighted by Crippen LogP contribution is -2.31. The number of pyridine rings is 1. The van der Waals surface area contributed by atoms with E-state index in [2.05, 4.69) is 14.9 Å². The highest BCUT2D eigenvalue weighted by Crippen LogP contribution is 2.16. The SMILES string of the molecule is Cc1cc(C(=O)NCC(C)CN)c(C)n1Cc1ccccn1.Cl.Cl. The molecule has 2 aromatic heterocycles. The summed E-state index contributed by atoms with van der Waals surface area (Å²) in [5.74, 6) is 0.238. The van der Waals surface area contributed by atoms with Crippen LogP contribution in [0, 0.1) is 19.8 Å². The van der Waals surface area contributed by atoms with Gasteiger partial charge in [0, 0.05) is 24.1 Å². The molecule has 1 amide bonds. The van der Waals surface area contributed by atoms with E-state index in [0.717, 1.165) is 22.6 Å². The second-order valence-corrected chi connectivity index (χ2v) is 5.74. The molecule has 5 nitrogen and oxygen atoms in total. The third-order valence-electron chi connectivity index (χ3n) is 3.88. The molecule has 7 heteroatoms. The lowest BCUT2D eigenvalue weighted by Gasteiger charge is -2.11. The van der Waals surface area contributed by atoms with E-state index in [1.54, 1.807) is 6.20 Å². The first-order valence-electron chi connectivity index (χ1n) is 7.57. The maximum Gasteiger partial charge on any atom is 0.253 e. The van der Waals surface area contributed by atoms with E-state index < -0.39 is 0 Å². The number of amides is 1. The number of hydrogen-bond acceptors (Lipinski definition) is 3. The molecule has 0 aromatic carbocycles. The average molecular weight is 373 g/mol. The Balaban J connectivity index is 0.00000264. The Labute approximate surface area is 155 Å². The lowest BCUT2D eigenvalue weighted by molar-refractivity contribution is 0.0948. The zero-order valence-electron chi connectivity index (χ0n) is 14.3. The molecule has 2 aromatic rings. The Hall–Kier alpha value is -1.56. The van der Waals surface area contributed by atoms with Crippen molar-refractivity contribution in [2.24, 2.45) is 11.7 Å². The van der Waals surface area contributed by atoms with E-state index in [0.29, 0.717) is 19.6 Å². The van der Waals surface area contributed by atoms with Crippen molar-refractivity contribution in [1.82, 2.24) is 14.9 Å². The molecule has 3 N–H and O–H groups in total. The summed E-state index contributed by atoms with van der Waals surface area (Å²) >= 11 is 0. The minimum absolute atomic E-state index is 0. The van der Waals surface area contributed by atoms with Crippen LogP contribution < -0.4 is 11.1 Å². The van der Waals surface area contributed by atoms with Crippen LogP contribution in [0.3, 0.4) is 0 Å². The normalized spacial score (nSPS) is 11.2. The van der Waals surface area contributed by atoms with Gasteiger partial charge in [-0.15, -0.1) is 24.8 Å². The van der Waals surface area contributed by atoms with E-state index in [9.17, 15) is 4.79 Å². The molecule has 0 aliphatic heterocycles. The van der Waals surface area contributed by atoms with Crippen LogP contribution in [0.15, 0.2) is 30.5 Å². The van der Waals surface area contributed by atoms with Gasteiger partial charge < -0.3 is 15.6 Å². The fraction of sp³-hybridized carbons (Fsp3) is 0.412. The molecule has 0 saturated carbocycles. The molecule has 0 saturated heterocycles. The maximum atomic E-state index is 12.3. The standard InChI is InChI=1S/C17H24N4O.2ClH/c1-12(9-18)10-20-17(22)16-8-13(2)21(14(16)3)11-15-6-4-5-7-19-15;;/h4-8,12H,9-11,18H2,1-3H3,(H,20,22);2*1H. The minimum Gasteiger partial charge on any atom is -0.352 e. The van der Waals surface area contributed by atoms with Crippen molar-refractivity contribution in [2.45, 2.75) is 27.3 Å². The van der Waals surface area contributed by atoms with Gasteiger partial charge in [0.2, 0.25) is 0 Å². The Bertz CT molecular complexity index is 644. The van der Waals surface area contributed by atoms with Gasteiger partial charge in [-0.1, -0.05) is 13.0 Å². The van der Waals surface area contributed by atoms with Crippen molar-refractivity contribution >= 4 is 30.7 Å². The van der Waals surface area contributed by atoms with Crippen molar-refractivity contribution < 1.29 is 4.79 Å². The molecule has 2 heterocycles. The smallest absolute Gasteiger partial charge is 0.253 e. The van der Waals surface area contributed by atoms with E-state index in [1.807, 2.05) is 45.0 Å². The van der Waals surface area contributed by atoms with Crippen LogP contribution in [-0.2, 0) is 6.54 Å². The number of carbonyl (C=O) groups is 1. The van der Waals surface area contributed by atoms with E-state index in [4.69, 9.17) is 5.73 Å². The van der Waals surface area contributed by atoms with E-state index >= 15 is 0 Å². The number of nitrogens with one attached hydrogen (secondary N) is 1. The monoisotopic (exact) mass is 372 g/mol. The van der Waals surface area contributed by atoms with Crippen molar-refractivity contribution in [3.63, 3.8) is 0 Å². The van der Waals surface area contributed by atoms with Crippen LogP contribution in [0.5, 0.6) is 0 Å². The van der Waals surface area contributed by atoms with Gasteiger partial charge in [-0.3, -0.25) is 9.78 Å². The molecular weight excluding hydrogens is 347 g/mol. The molecule has 0 aliphatic rings. The molecule has 0 bridgehead atoms. The van der Waals surface area contributed by atoms with Crippen LogP contribution in [-0.4, -0.2) is 28.5 Å². The van der Waals surface area contributed by atoms with Gasteiger partial charge in [-0.05, 0) is 44.5 Å². The van der Waals surface area contributed by atoms with Gasteiger partial charge in [0.15, 0.2) is 0 Å². The van der Waals surface area contributed by atoms with Gasteiger partial charge in [-0.2, -0.15) is 0 Å². The van der Waals surface area contributed by atoms with Crippen molar-refractivity contribution in [1.29, 1.82) is 0 Å². The molecule has 24 heavy (non-hydrogen) atoms. The number of nitrogens with zero attached hydrogens (tertiary/aromatic N) is 2. The first kappa shape index (κ1) is 22.4. The first-order chi connectivity index (χ1) is 10.5. The Morgan fingerprint density at radius 3 is 2.62 bits per heavy atom. The summed E-state index contributed by atoms with van der Waals surface area (Å²) in [5.41, 5.74) is 9.29. The number of aryl methyl sites for hydroxylation is 1. The molecule has 0 aliphatic carbocycles. The Kier molecular flexibility index (Phi) is 9.66. The quantitative estimate of drug-likeness (QED) is 0.818. The van der Waals surface area contributed by atoms with Crippen molar-refractivity contribution in [3.05, 3.63) is 53.1 Å². The van der Waals surface area contributed by atoms with Crippen LogP contribution in [0.4, 0.5) is 0 Å². The fourth-order valence-electron chi connectivity index (χ4n) is 2.37. The molecule has 134 valence electrons. The maximum absolute atomic E-state index is 12.3. The molecule has 0 fully saturated rings. The third kappa shape index (κ3) is 5.51. The third-order valence-corrected chi connectivity index (χ3v) is 3.88. The highest BCUT2D eigenvalue weighted by Gasteiger charge is 2.16. The minimum atomic E-state index is -0.0410. The number of halogens is 2. The number of hydrogen-bond donors (Lipinski definition) is 2. The van der Waals surface area contributed by atoms with Gasteiger partial charge >= 0.3 is 0 Å². The molecule has 2 rings (SSSR count). The summed E-state index contributed by atoms with van der Waals surface area (Å²) in [6, 6.07) is 7.79. The zero-order chi connectivity index (χ0) is 16.1. The molecule has 0 radical (unpaired) electrons. The lowest BCUT2D eigenvalue weighted by atomic mass is 10.1. The molecule has 0 spiro atoms. The summed E-state index contributed by atoms with van der Waals surface area (Å²) in [6.07, 6.45) is 1.78. The predicted octanol–water partition coefficient (Wildman–Crippen LogP) is 2.72. The summed E-state index contributed by atoms with van der Waals surface area (Å²) in [6.45, 7) is 7.83.